The van der Waals surface area contributed by atoms with Crippen LogP contribution in [0, 0.1) is 0 Å². The second-order valence-electron chi connectivity index (χ2n) is 9.04. The molecule has 0 aliphatic heterocycles. The summed E-state index contributed by atoms with van der Waals surface area (Å²) in [5.41, 5.74) is 6.94. The molecule has 4 atom stereocenters. The van der Waals surface area contributed by atoms with Crippen molar-refractivity contribution in [3.05, 3.63) is 71.8 Å². The van der Waals surface area contributed by atoms with Gasteiger partial charge in [-0.3, -0.25) is 24.0 Å². The molecular formula is C27H32N4O9. The summed E-state index contributed by atoms with van der Waals surface area (Å²) in [5, 5.41) is 34.8. The third kappa shape index (κ3) is 10.9. The molecule has 0 fully saturated rings. The lowest BCUT2D eigenvalue weighted by atomic mass is 10.0. The molecule has 0 saturated heterocycles. The van der Waals surface area contributed by atoms with Crippen LogP contribution in [0.3, 0.4) is 0 Å². The van der Waals surface area contributed by atoms with Crippen LogP contribution >= 0.6 is 0 Å². The Morgan fingerprint density at radius 3 is 1.55 bits per heavy atom. The second kappa shape index (κ2) is 15.6. The average Bonchev–Trinajstić information content (AvgIpc) is 2.91. The normalized spacial score (nSPS) is 13.6. The summed E-state index contributed by atoms with van der Waals surface area (Å²) in [6.45, 7) is 0. The van der Waals surface area contributed by atoms with Crippen LogP contribution < -0.4 is 21.7 Å². The van der Waals surface area contributed by atoms with Gasteiger partial charge in [-0.1, -0.05) is 60.7 Å². The molecule has 40 heavy (non-hydrogen) atoms. The third-order valence-electron chi connectivity index (χ3n) is 5.83. The first-order valence-corrected chi connectivity index (χ1v) is 12.4. The Labute approximate surface area is 229 Å². The first-order chi connectivity index (χ1) is 19.0. The van der Waals surface area contributed by atoms with Gasteiger partial charge in [0.15, 0.2) is 0 Å². The van der Waals surface area contributed by atoms with E-state index in [9.17, 15) is 39.0 Å². The Hall–Kier alpha value is -4.78. The number of carboxylic acid groups (broad SMARTS) is 3. The van der Waals surface area contributed by atoms with Gasteiger partial charge in [-0.25, -0.2) is 4.79 Å². The summed E-state index contributed by atoms with van der Waals surface area (Å²) in [5.74, 6) is -6.72. The SMILES string of the molecule is NC(CCC(=O)O)C(=O)NC(CC(=O)O)C(=O)NC(Cc1ccccc1)C(=O)NC(Cc1ccccc1)C(=O)O. The van der Waals surface area contributed by atoms with Gasteiger partial charge in [0.2, 0.25) is 17.7 Å². The van der Waals surface area contributed by atoms with Crippen LogP contribution in [0.1, 0.15) is 30.4 Å². The molecule has 4 unspecified atom stereocenters. The Balaban J connectivity index is 2.23. The lowest BCUT2D eigenvalue weighted by Gasteiger charge is -2.25. The summed E-state index contributed by atoms with van der Waals surface area (Å²) in [4.78, 5) is 72.8. The summed E-state index contributed by atoms with van der Waals surface area (Å²) in [6.07, 6.45) is -1.62. The highest BCUT2D eigenvalue weighted by Gasteiger charge is 2.31. The number of rotatable bonds is 16. The quantitative estimate of drug-likeness (QED) is 0.143. The van der Waals surface area contributed by atoms with Gasteiger partial charge in [0, 0.05) is 19.3 Å². The number of benzene rings is 2. The number of nitrogens with one attached hydrogen (secondary N) is 3. The third-order valence-corrected chi connectivity index (χ3v) is 5.83. The number of hydrogen-bond donors (Lipinski definition) is 7. The lowest BCUT2D eigenvalue weighted by Crippen LogP contribution is -2.58. The summed E-state index contributed by atoms with van der Waals surface area (Å²) in [6, 6.07) is 11.5. The molecule has 214 valence electrons. The van der Waals surface area contributed by atoms with Gasteiger partial charge in [-0.15, -0.1) is 0 Å². The molecule has 0 radical (unpaired) electrons. The molecule has 13 nitrogen and oxygen atoms in total. The van der Waals surface area contributed by atoms with E-state index in [1.165, 1.54) is 0 Å². The molecule has 13 heteroatoms. The molecule has 0 aliphatic carbocycles. The van der Waals surface area contributed by atoms with E-state index < -0.39 is 72.6 Å². The van der Waals surface area contributed by atoms with Crippen LogP contribution in [0.25, 0.3) is 0 Å². The zero-order chi connectivity index (χ0) is 29.7. The number of carbonyl (C=O) groups is 6. The van der Waals surface area contributed by atoms with E-state index in [2.05, 4.69) is 16.0 Å². The lowest BCUT2D eigenvalue weighted by molar-refractivity contribution is -0.143. The number of hydrogen-bond acceptors (Lipinski definition) is 7. The fourth-order valence-corrected chi connectivity index (χ4v) is 3.73. The minimum Gasteiger partial charge on any atom is -0.481 e. The molecule has 0 saturated carbocycles. The van der Waals surface area contributed by atoms with Crippen molar-refractivity contribution in [1.82, 2.24) is 16.0 Å². The van der Waals surface area contributed by atoms with Crippen molar-refractivity contribution in [2.45, 2.75) is 56.3 Å². The molecule has 8 N–H and O–H groups in total. The smallest absolute Gasteiger partial charge is 0.326 e. The first-order valence-electron chi connectivity index (χ1n) is 12.4. The number of aliphatic carboxylic acids is 3. The van der Waals surface area contributed by atoms with E-state index in [-0.39, 0.29) is 19.3 Å². The fourth-order valence-electron chi connectivity index (χ4n) is 3.73. The molecule has 3 amide bonds. The highest BCUT2D eigenvalue weighted by molar-refractivity contribution is 5.95. The van der Waals surface area contributed by atoms with Gasteiger partial charge >= 0.3 is 17.9 Å². The van der Waals surface area contributed by atoms with Crippen LogP contribution in [-0.4, -0.2) is 75.1 Å². The predicted molar refractivity (Wildman–Crippen MR) is 141 cm³/mol. The van der Waals surface area contributed by atoms with Gasteiger partial charge in [0.1, 0.15) is 18.1 Å². The van der Waals surface area contributed by atoms with Gasteiger partial charge in [0.05, 0.1) is 12.5 Å². The Morgan fingerprint density at radius 1 is 0.625 bits per heavy atom. The van der Waals surface area contributed by atoms with Crippen LogP contribution in [0.15, 0.2) is 60.7 Å². The number of carboxylic acids is 3. The summed E-state index contributed by atoms with van der Waals surface area (Å²) >= 11 is 0. The number of amides is 3. The van der Waals surface area contributed by atoms with Gasteiger partial charge in [-0.2, -0.15) is 0 Å². The van der Waals surface area contributed by atoms with E-state index in [0.29, 0.717) is 11.1 Å². The maximum Gasteiger partial charge on any atom is 0.326 e. The Bertz CT molecular complexity index is 1190. The topological polar surface area (TPSA) is 225 Å². The van der Waals surface area contributed by atoms with E-state index in [1.807, 2.05) is 0 Å². The van der Waals surface area contributed by atoms with Crippen molar-refractivity contribution < 1.29 is 44.1 Å². The van der Waals surface area contributed by atoms with E-state index in [1.54, 1.807) is 60.7 Å². The maximum atomic E-state index is 13.2. The van der Waals surface area contributed by atoms with Gasteiger partial charge < -0.3 is 37.0 Å². The van der Waals surface area contributed by atoms with Gasteiger partial charge in [0.25, 0.3) is 0 Å². The molecule has 0 aromatic heterocycles. The molecule has 0 spiro atoms. The van der Waals surface area contributed by atoms with Crippen molar-refractivity contribution in [1.29, 1.82) is 0 Å². The standard InChI is InChI=1S/C27H32N4O9/c28-18(11-12-22(32)33)24(36)29-20(15-23(34)35)26(38)30-19(13-16-7-3-1-4-8-16)25(37)31-21(27(39)40)14-17-9-5-2-6-10-17/h1-10,18-21H,11-15,28H2,(H,29,36)(H,30,38)(H,31,37)(H,32,33)(H,34,35)(H,39,40). The average molecular weight is 557 g/mol. The van der Waals surface area contributed by atoms with Crippen molar-refractivity contribution in [2.24, 2.45) is 5.73 Å². The number of nitrogens with two attached hydrogens (primary N) is 1. The van der Waals surface area contributed by atoms with Crippen molar-refractivity contribution in [2.75, 3.05) is 0 Å². The van der Waals surface area contributed by atoms with Gasteiger partial charge in [-0.05, 0) is 17.5 Å². The second-order valence-corrected chi connectivity index (χ2v) is 9.04. The molecule has 2 rings (SSSR count). The highest BCUT2D eigenvalue weighted by atomic mass is 16.4. The summed E-state index contributed by atoms with van der Waals surface area (Å²) in [7, 11) is 0. The van der Waals surface area contributed by atoms with Crippen molar-refractivity contribution >= 4 is 35.6 Å². The van der Waals surface area contributed by atoms with Crippen molar-refractivity contribution in [3.8, 4) is 0 Å². The predicted octanol–water partition coefficient (Wildman–Crippen LogP) is -0.322. The number of carbonyl (C=O) groups excluding carboxylic acids is 3. The first kappa shape index (κ1) is 31.4. The minimum absolute atomic E-state index is 0.0279. The Kier molecular flexibility index (Phi) is 12.3. The van der Waals surface area contributed by atoms with Crippen LogP contribution in [0.2, 0.25) is 0 Å². The monoisotopic (exact) mass is 556 g/mol. The summed E-state index contributed by atoms with van der Waals surface area (Å²) < 4.78 is 0. The molecule has 2 aromatic rings. The molecule has 0 heterocycles. The largest absolute Gasteiger partial charge is 0.481 e. The zero-order valence-electron chi connectivity index (χ0n) is 21.5. The minimum atomic E-state index is -1.65. The molecule has 2 aromatic carbocycles. The van der Waals surface area contributed by atoms with Crippen LogP contribution in [0.5, 0.6) is 0 Å². The van der Waals surface area contributed by atoms with E-state index >= 15 is 0 Å². The van der Waals surface area contributed by atoms with Crippen molar-refractivity contribution in [3.63, 3.8) is 0 Å². The molecule has 0 bridgehead atoms. The van der Waals surface area contributed by atoms with E-state index in [0.717, 1.165) is 0 Å². The molecule has 0 aliphatic rings. The molecular weight excluding hydrogens is 524 g/mol. The fraction of sp³-hybridized carbons (Fsp3) is 0.333. The van der Waals surface area contributed by atoms with Crippen LogP contribution in [0.4, 0.5) is 0 Å². The maximum absolute atomic E-state index is 13.2. The van der Waals surface area contributed by atoms with E-state index in [4.69, 9.17) is 10.8 Å². The Morgan fingerprint density at radius 2 is 1.07 bits per heavy atom. The van der Waals surface area contributed by atoms with Crippen LogP contribution in [-0.2, 0) is 41.6 Å². The highest BCUT2D eigenvalue weighted by Crippen LogP contribution is 2.08. The zero-order valence-corrected chi connectivity index (χ0v) is 21.5.